The predicted octanol–water partition coefficient (Wildman–Crippen LogP) is 5.08. The van der Waals surface area contributed by atoms with E-state index in [4.69, 9.17) is 19.4 Å². The average molecular weight is 595 g/mol. The summed E-state index contributed by atoms with van der Waals surface area (Å²) in [4.78, 5) is 24.3. The SMILES string of the molecule is COc1ccc2c(c1)[C@]1(C[C@H]1c1ccc3c(-c4ccc(CN5CCOCC5)cc4)n[nH]c3c1)C(=O)N2.O=C(O)C(F)(F)F. The molecule has 2 aliphatic heterocycles. The minimum absolute atomic E-state index is 0.0818. The van der Waals surface area contributed by atoms with Crippen molar-refractivity contribution < 1.29 is 37.3 Å². The maximum Gasteiger partial charge on any atom is 0.490 e. The molecule has 12 heteroatoms. The molecule has 0 radical (unpaired) electrons. The zero-order valence-corrected chi connectivity index (χ0v) is 23.2. The van der Waals surface area contributed by atoms with Gasteiger partial charge in [-0.05, 0) is 47.4 Å². The molecule has 3 N–H and O–H groups in total. The Kier molecular flexibility index (Phi) is 7.35. The van der Waals surface area contributed by atoms with Gasteiger partial charge in [0.05, 0.1) is 36.9 Å². The van der Waals surface area contributed by atoms with E-state index in [9.17, 15) is 18.0 Å². The number of H-pyrrole nitrogens is 1. The Balaban J connectivity index is 0.000000423. The maximum atomic E-state index is 13.0. The molecule has 1 saturated carbocycles. The van der Waals surface area contributed by atoms with Gasteiger partial charge in [-0.25, -0.2) is 4.79 Å². The lowest BCUT2D eigenvalue weighted by Gasteiger charge is -2.26. The molecule has 0 unspecified atom stereocenters. The van der Waals surface area contributed by atoms with E-state index in [0.29, 0.717) is 0 Å². The minimum atomic E-state index is -5.08. The third kappa shape index (κ3) is 5.43. The van der Waals surface area contributed by atoms with Gasteiger partial charge in [-0.2, -0.15) is 18.3 Å². The highest BCUT2D eigenvalue weighted by molar-refractivity contribution is 6.10. The number of aliphatic carboxylic acids is 1. The molecule has 2 atom stereocenters. The Morgan fingerprint density at radius 1 is 1.12 bits per heavy atom. The summed E-state index contributed by atoms with van der Waals surface area (Å²) in [5.41, 5.74) is 6.93. The Labute approximate surface area is 244 Å². The number of nitrogens with zero attached hydrogens (tertiary/aromatic N) is 2. The van der Waals surface area contributed by atoms with Crippen molar-refractivity contribution in [3.63, 3.8) is 0 Å². The third-order valence-electron chi connectivity index (χ3n) is 8.29. The van der Waals surface area contributed by atoms with E-state index in [1.165, 1.54) is 5.56 Å². The number of hydrogen-bond acceptors (Lipinski definition) is 6. The van der Waals surface area contributed by atoms with Crippen LogP contribution in [-0.4, -0.2) is 71.7 Å². The fourth-order valence-corrected chi connectivity index (χ4v) is 5.96. The molecule has 224 valence electrons. The smallest absolute Gasteiger partial charge is 0.490 e. The summed E-state index contributed by atoms with van der Waals surface area (Å²) in [6.07, 6.45) is -4.28. The van der Waals surface area contributed by atoms with Gasteiger partial charge in [0.2, 0.25) is 5.91 Å². The highest BCUT2D eigenvalue weighted by Crippen LogP contribution is 2.65. The highest BCUT2D eigenvalue weighted by atomic mass is 19.4. The number of anilines is 1. The third-order valence-corrected chi connectivity index (χ3v) is 8.29. The van der Waals surface area contributed by atoms with Crippen LogP contribution in [0.2, 0.25) is 0 Å². The summed E-state index contributed by atoms with van der Waals surface area (Å²) in [7, 11) is 1.66. The Bertz CT molecular complexity index is 1680. The van der Waals surface area contributed by atoms with Gasteiger partial charge in [0.1, 0.15) is 5.75 Å². The van der Waals surface area contributed by atoms with Crippen LogP contribution in [0, 0.1) is 0 Å². The summed E-state index contributed by atoms with van der Waals surface area (Å²) in [5.74, 6) is -1.76. The van der Waals surface area contributed by atoms with Crippen LogP contribution in [0.25, 0.3) is 22.2 Å². The van der Waals surface area contributed by atoms with E-state index < -0.39 is 17.6 Å². The van der Waals surface area contributed by atoms with Crippen LogP contribution in [-0.2, 0) is 26.3 Å². The van der Waals surface area contributed by atoms with E-state index in [-0.39, 0.29) is 11.8 Å². The van der Waals surface area contributed by atoms with Gasteiger partial charge in [0.25, 0.3) is 0 Å². The largest absolute Gasteiger partial charge is 0.497 e. The number of hydrogen-bond donors (Lipinski definition) is 3. The Morgan fingerprint density at radius 3 is 2.51 bits per heavy atom. The number of morpholine rings is 1. The van der Waals surface area contributed by atoms with Crippen molar-refractivity contribution in [3.8, 4) is 17.0 Å². The molecule has 1 saturated heterocycles. The highest BCUT2D eigenvalue weighted by Gasteiger charge is 2.65. The molecule has 3 aromatic carbocycles. The Hall–Kier alpha value is -4.42. The topological polar surface area (TPSA) is 117 Å². The molecule has 0 bridgehead atoms. The molecular formula is C31H29F3N4O5. The van der Waals surface area contributed by atoms with E-state index in [0.717, 1.165) is 84.0 Å². The second-order valence-corrected chi connectivity index (χ2v) is 10.9. The number of aromatic nitrogens is 2. The number of ether oxygens (including phenoxy) is 2. The zero-order chi connectivity index (χ0) is 30.4. The van der Waals surface area contributed by atoms with Gasteiger partial charge < -0.3 is 19.9 Å². The van der Waals surface area contributed by atoms with Crippen LogP contribution in [0.5, 0.6) is 5.75 Å². The van der Waals surface area contributed by atoms with Gasteiger partial charge in [-0.1, -0.05) is 36.4 Å². The zero-order valence-electron chi connectivity index (χ0n) is 23.2. The molecule has 2 fully saturated rings. The number of methoxy groups -OCH3 is 1. The van der Waals surface area contributed by atoms with Crippen LogP contribution in [0.4, 0.5) is 18.9 Å². The van der Waals surface area contributed by atoms with E-state index >= 15 is 0 Å². The van der Waals surface area contributed by atoms with E-state index in [1.807, 2.05) is 18.2 Å². The van der Waals surface area contributed by atoms with Gasteiger partial charge in [0, 0.05) is 42.2 Å². The molecule has 7 rings (SSSR count). The van der Waals surface area contributed by atoms with Gasteiger partial charge in [-0.15, -0.1) is 0 Å². The molecular weight excluding hydrogens is 565 g/mol. The first kappa shape index (κ1) is 28.7. The van der Waals surface area contributed by atoms with Crippen molar-refractivity contribution in [1.82, 2.24) is 15.1 Å². The summed E-state index contributed by atoms with van der Waals surface area (Å²) in [6.45, 7) is 4.54. The number of alkyl halides is 3. The van der Waals surface area contributed by atoms with Crippen LogP contribution in [0.15, 0.2) is 60.7 Å². The molecule has 9 nitrogen and oxygen atoms in total. The fourth-order valence-electron chi connectivity index (χ4n) is 5.96. The lowest BCUT2D eigenvalue weighted by molar-refractivity contribution is -0.192. The average Bonchev–Trinajstić information content (AvgIpc) is 3.52. The second kappa shape index (κ2) is 11.0. The van der Waals surface area contributed by atoms with Gasteiger partial charge in [0.15, 0.2) is 0 Å². The minimum Gasteiger partial charge on any atom is -0.497 e. The number of carbonyl (C=O) groups excluding carboxylic acids is 1. The number of carboxylic acid groups (broad SMARTS) is 1. The van der Waals surface area contributed by atoms with Gasteiger partial charge in [-0.3, -0.25) is 14.8 Å². The van der Waals surface area contributed by atoms with Crippen molar-refractivity contribution >= 4 is 28.5 Å². The first-order chi connectivity index (χ1) is 20.6. The molecule has 1 aliphatic carbocycles. The van der Waals surface area contributed by atoms with Crippen molar-refractivity contribution in [2.75, 3.05) is 38.7 Å². The number of carbonyl (C=O) groups is 2. The molecule has 3 aliphatic rings. The maximum absolute atomic E-state index is 13.0. The molecule has 1 amide bonds. The van der Waals surface area contributed by atoms with Crippen LogP contribution in [0.1, 0.15) is 29.0 Å². The van der Waals surface area contributed by atoms with Crippen molar-refractivity contribution in [3.05, 3.63) is 77.4 Å². The molecule has 43 heavy (non-hydrogen) atoms. The normalized spacial score (nSPS) is 21.2. The van der Waals surface area contributed by atoms with E-state index in [2.05, 4.69) is 62.9 Å². The van der Waals surface area contributed by atoms with Crippen molar-refractivity contribution in [2.45, 2.75) is 30.5 Å². The lowest BCUT2D eigenvalue weighted by Crippen LogP contribution is -2.35. The number of nitrogens with one attached hydrogen (secondary N) is 2. The van der Waals surface area contributed by atoms with Crippen LogP contribution in [0.3, 0.4) is 0 Å². The Morgan fingerprint density at radius 2 is 1.84 bits per heavy atom. The number of benzene rings is 3. The summed E-state index contributed by atoms with van der Waals surface area (Å²) < 4.78 is 42.6. The number of amides is 1. The lowest BCUT2D eigenvalue weighted by atomic mass is 9.91. The number of halogens is 3. The number of fused-ring (bicyclic) bond motifs is 3. The van der Waals surface area contributed by atoms with Crippen molar-refractivity contribution in [2.24, 2.45) is 0 Å². The van der Waals surface area contributed by atoms with Crippen LogP contribution >= 0.6 is 0 Å². The summed E-state index contributed by atoms with van der Waals surface area (Å²) in [6, 6.07) is 21.0. The molecule has 1 aromatic heterocycles. The molecule has 1 spiro atoms. The van der Waals surface area contributed by atoms with Crippen LogP contribution < -0.4 is 10.1 Å². The quantitative estimate of drug-likeness (QED) is 0.295. The number of carboxylic acids is 1. The number of aromatic amines is 1. The molecule has 3 heterocycles. The van der Waals surface area contributed by atoms with E-state index in [1.54, 1.807) is 7.11 Å². The first-order valence-corrected chi connectivity index (χ1v) is 13.8. The molecule has 4 aromatic rings. The summed E-state index contributed by atoms with van der Waals surface area (Å²) in [5, 5.41) is 19.2. The standard InChI is InChI=1S/C29H28N4O3.C2HF3O2/c1-35-21-7-9-25-23(15-21)29(28(34)30-25)16-24(29)20-6-8-22-26(14-20)31-32-27(22)19-4-2-18(3-5-19)17-33-10-12-36-13-11-33;3-2(4,5)1(6)7/h2-9,14-15,24H,10-13,16-17H2,1H3,(H,30,34)(H,31,32);(H,6,7)/t24-,29-;/m0./s1. The predicted molar refractivity (Wildman–Crippen MR) is 152 cm³/mol. The first-order valence-electron chi connectivity index (χ1n) is 13.8. The van der Waals surface area contributed by atoms with Gasteiger partial charge >= 0.3 is 12.1 Å². The summed E-state index contributed by atoms with van der Waals surface area (Å²) >= 11 is 0. The second-order valence-electron chi connectivity index (χ2n) is 10.9. The fraction of sp³-hybridized carbons (Fsp3) is 0.323. The monoisotopic (exact) mass is 594 g/mol. The number of rotatable bonds is 5. The van der Waals surface area contributed by atoms with Crippen molar-refractivity contribution in [1.29, 1.82) is 0 Å².